The van der Waals surface area contributed by atoms with Crippen molar-refractivity contribution in [1.82, 2.24) is 0 Å². The van der Waals surface area contributed by atoms with Crippen LogP contribution in [0.4, 0.5) is 57.1 Å². The summed E-state index contributed by atoms with van der Waals surface area (Å²) in [6.45, 7) is 2.00. The van der Waals surface area contributed by atoms with Crippen molar-refractivity contribution in [3.05, 3.63) is 12.2 Å². The summed E-state index contributed by atoms with van der Waals surface area (Å²) in [4.78, 5) is 0. The SMILES string of the molecule is CCCCCCCCCC/C=C\C(F)(F)C(F)(F)C(F)(F)C(F)(F)C(F)(F)C(F)(F)F. The van der Waals surface area contributed by atoms with Gasteiger partial charge in [-0.15, -0.1) is 0 Å². The summed E-state index contributed by atoms with van der Waals surface area (Å²) in [6.07, 6.45) is -2.30. The second kappa shape index (κ2) is 10.6. The summed E-state index contributed by atoms with van der Waals surface area (Å²) < 4.78 is 168. The van der Waals surface area contributed by atoms with E-state index in [2.05, 4.69) is 0 Å². The van der Waals surface area contributed by atoms with Crippen molar-refractivity contribution in [3.63, 3.8) is 0 Å². The molecule has 0 amide bonds. The molecule has 31 heavy (non-hydrogen) atoms. The molecule has 0 saturated heterocycles. The molecule has 0 aliphatic heterocycles. The van der Waals surface area contributed by atoms with Crippen molar-refractivity contribution < 1.29 is 57.1 Å². The Morgan fingerprint density at radius 1 is 0.484 bits per heavy atom. The van der Waals surface area contributed by atoms with Crippen molar-refractivity contribution in [1.29, 1.82) is 0 Å². The molecule has 0 aromatic carbocycles. The monoisotopic (exact) mass is 486 g/mol. The van der Waals surface area contributed by atoms with Crippen LogP contribution < -0.4 is 0 Å². The molecule has 0 bridgehead atoms. The lowest BCUT2D eigenvalue weighted by molar-refractivity contribution is -0.436. The third kappa shape index (κ3) is 6.43. The largest absolute Gasteiger partial charge is 0.460 e. The lowest BCUT2D eigenvalue weighted by Gasteiger charge is -2.39. The molecule has 0 radical (unpaired) electrons. The highest BCUT2D eigenvalue weighted by Crippen LogP contribution is 2.60. The second-order valence-electron chi connectivity index (χ2n) is 7.08. The first-order valence-electron chi connectivity index (χ1n) is 9.44. The van der Waals surface area contributed by atoms with Gasteiger partial charge in [0.1, 0.15) is 0 Å². The molecule has 0 aliphatic carbocycles. The average molecular weight is 486 g/mol. The lowest BCUT2D eigenvalue weighted by Crippen LogP contribution is -2.69. The Labute approximate surface area is 170 Å². The van der Waals surface area contributed by atoms with E-state index in [-0.39, 0.29) is 18.9 Å². The maximum Gasteiger partial charge on any atom is 0.460 e. The van der Waals surface area contributed by atoms with Gasteiger partial charge in [0.2, 0.25) is 0 Å². The quantitative estimate of drug-likeness (QED) is 0.131. The summed E-state index contributed by atoms with van der Waals surface area (Å²) >= 11 is 0. The number of allylic oxidation sites excluding steroid dienone is 2. The number of rotatable bonds is 14. The van der Waals surface area contributed by atoms with E-state index in [0.29, 0.717) is 12.8 Å². The zero-order chi connectivity index (χ0) is 24.8. The molecular weight excluding hydrogens is 463 g/mol. The van der Waals surface area contributed by atoms with Crippen molar-refractivity contribution in [2.24, 2.45) is 0 Å². The van der Waals surface area contributed by atoms with E-state index in [4.69, 9.17) is 0 Å². The molecule has 0 fully saturated rings. The predicted octanol–water partition coefficient (Wildman–Crippen LogP) is 8.81. The molecule has 0 rings (SSSR count). The molecule has 0 aromatic heterocycles. The zero-order valence-electron chi connectivity index (χ0n) is 16.4. The summed E-state index contributed by atoms with van der Waals surface area (Å²) in [7, 11) is 0. The Hall–Kier alpha value is -1.17. The molecule has 0 saturated carbocycles. The highest BCUT2D eigenvalue weighted by atomic mass is 19.4. The first-order chi connectivity index (χ1) is 13.8. The lowest BCUT2D eigenvalue weighted by atomic mass is 9.93. The Kier molecular flexibility index (Phi) is 10.2. The van der Waals surface area contributed by atoms with E-state index in [1.54, 1.807) is 0 Å². The fourth-order valence-corrected chi connectivity index (χ4v) is 2.51. The molecule has 186 valence electrons. The zero-order valence-corrected chi connectivity index (χ0v) is 16.4. The third-order valence-electron chi connectivity index (χ3n) is 4.51. The van der Waals surface area contributed by atoms with Gasteiger partial charge in [0.15, 0.2) is 0 Å². The van der Waals surface area contributed by atoms with E-state index in [1.165, 1.54) is 0 Å². The molecule has 0 heterocycles. The van der Waals surface area contributed by atoms with Gasteiger partial charge in [-0.1, -0.05) is 57.9 Å². The van der Waals surface area contributed by atoms with Crippen LogP contribution in [-0.2, 0) is 0 Å². The van der Waals surface area contributed by atoms with Gasteiger partial charge in [0, 0.05) is 0 Å². The molecule has 0 aliphatic rings. The van der Waals surface area contributed by atoms with Crippen molar-refractivity contribution in [2.75, 3.05) is 0 Å². The first kappa shape index (κ1) is 29.8. The van der Waals surface area contributed by atoms with Gasteiger partial charge in [-0.25, -0.2) is 0 Å². The molecule has 0 atom stereocenters. The van der Waals surface area contributed by atoms with Crippen LogP contribution in [0.3, 0.4) is 0 Å². The van der Waals surface area contributed by atoms with Gasteiger partial charge in [-0.2, -0.15) is 57.1 Å². The summed E-state index contributed by atoms with van der Waals surface area (Å²) in [5, 5.41) is 0. The number of hydrogen-bond acceptors (Lipinski definition) is 0. The average Bonchev–Trinajstić information content (AvgIpc) is 2.61. The van der Waals surface area contributed by atoms with Gasteiger partial charge in [-0.3, -0.25) is 0 Å². The fourth-order valence-electron chi connectivity index (χ4n) is 2.51. The van der Waals surface area contributed by atoms with Crippen LogP contribution in [0.5, 0.6) is 0 Å². The van der Waals surface area contributed by atoms with E-state index in [1.807, 2.05) is 6.92 Å². The summed E-state index contributed by atoms with van der Waals surface area (Å²) in [5.74, 6) is -36.6. The predicted molar refractivity (Wildman–Crippen MR) is 87.2 cm³/mol. The standard InChI is InChI=1S/C18H23F13/c1-2-3-4-5-6-7-8-9-10-11-12-13(19,20)14(21,22)15(23,24)16(25,26)17(27,28)18(29,30)31/h11-12H,2-10H2,1H3/b12-11-. The first-order valence-corrected chi connectivity index (χ1v) is 9.44. The van der Waals surface area contributed by atoms with Crippen LogP contribution in [0.1, 0.15) is 64.7 Å². The Bertz CT molecular complexity index is 561. The topological polar surface area (TPSA) is 0 Å². The van der Waals surface area contributed by atoms with E-state index in [0.717, 1.165) is 32.1 Å². The fraction of sp³-hybridized carbons (Fsp3) is 0.889. The minimum Gasteiger partial charge on any atom is -0.195 e. The van der Waals surface area contributed by atoms with E-state index < -0.39 is 41.9 Å². The van der Waals surface area contributed by atoms with Crippen LogP contribution in [0.25, 0.3) is 0 Å². The van der Waals surface area contributed by atoms with Crippen LogP contribution >= 0.6 is 0 Å². The maximum atomic E-state index is 13.5. The molecule has 0 N–H and O–H groups in total. The van der Waals surface area contributed by atoms with Crippen molar-refractivity contribution in [2.45, 2.75) is 101 Å². The number of halogens is 13. The Morgan fingerprint density at radius 3 is 1.29 bits per heavy atom. The van der Waals surface area contributed by atoms with Crippen LogP contribution in [0, 0.1) is 0 Å². The van der Waals surface area contributed by atoms with Gasteiger partial charge < -0.3 is 0 Å². The van der Waals surface area contributed by atoms with Crippen molar-refractivity contribution in [3.8, 4) is 0 Å². The van der Waals surface area contributed by atoms with Gasteiger partial charge in [-0.05, 0) is 18.9 Å². The number of alkyl halides is 13. The normalized spacial score (nSPS) is 15.2. The smallest absolute Gasteiger partial charge is 0.195 e. The molecule has 0 nitrogen and oxygen atoms in total. The molecule has 0 unspecified atom stereocenters. The molecule has 0 spiro atoms. The minimum atomic E-state index is -7.85. The van der Waals surface area contributed by atoms with Crippen LogP contribution in [0.15, 0.2) is 12.2 Å². The van der Waals surface area contributed by atoms with Crippen LogP contribution in [0.2, 0.25) is 0 Å². The number of unbranched alkanes of at least 4 members (excludes halogenated alkanes) is 8. The highest BCUT2D eigenvalue weighted by Gasteiger charge is 2.90. The van der Waals surface area contributed by atoms with Crippen LogP contribution in [-0.4, -0.2) is 35.8 Å². The Morgan fingerprint density at radius 2 is 0.871 bits per heavy atom. The molecule has 13 heteroatoms. The Balaban J connectivity index is 5.15. The molecule has 0 aromatic rings. The number of hydrogen-bond donors (Lipinski definition) is 0. The van der Waals surface area contributed by atoms with Gasteiger partial charge in [0.05, 0.1) is 0 Å². The third-order valence-corrected chi connectivity index (χ3v) is 4.51. The maximum absolute atomic E-state index is 13.5. The summed E-state index contributed by atoms with van der Waals surface area (Å²) in [5.41, 5.74) is 0. The van der Waals surface area contributed by atoms with E-state index in [9.17, 15) is 57.1 Å². The van der Waals surface area contributed by atoms with Crippen molar-refractivity contribution >= 4 is 0 Å². The van der Waals surface area contributed by atoms with Gasteiger partial charge >= 0.3 is 35.8 Å². The minimum absolute atomic E-state index is 0.157. The second-order valence-corrected chi connectivity index (χ2v) is 7.08. The van der Waals surface area contributed by atoms with Gasteiger partial charge in [0.25, 0.3) is 0 Å². The summed E-state index contributed by atoms with van der Waals surface area (Å²) in [6, 6.07) is 0. The highest BCUT2D eigenvalue weighted by molar-refractivity contribution is 5.15. The molecular formula is C18H23F13. The van der Waals surface area contributed by atoms with E-state index >= 15 is 0 Å².